The van der Waals surface area contributed by atoms with Crippen LogP contribution in [0.15, 0.2) is 6.33 Å². The lowest BCUT2D eigenvalue weighted by molar-refractivity contribution is -0.122. The van der Waals surface area contributed by atoms with Crippen molar-refractivity contribution in [1.82, 2.24) is 20.1 Å². The summed E-state index contributed by atoms with van der Waals surface area (Å²) in [6.07, 6.45) is 1.48. The van der Waals surface area contributed by atoms with Gasteiger partial charge in [0, 0.05) is 6.04 Å². The fraction of sp³-hybridized carbons (Fsp3) is 0.667. The maximum Gasteiger partial charge on any atom is 0.242 e. The zero-order valence-electron chi connectivity index (χ0n) is 9.42. The normalized spacial score (nSPS) is 14.4. The standard InChI is InChI=1S/C9H17N5O2/c1-6(3-7(2)15)12-8(16)4-14-5-11-9(10)13-14/h5-7,15H,3-4H2,1-2H3,(H2,10,13)(H,12,16). The number of hydrogen-bond donors (Lipinski definition) is 3. The molecular formula is C9H17N5O2. The Morgan fingerprint density at radius 3 is 2.88 bits per heavy atom. The molecule has 0 aliphatic carbocycles. The SMILES string of the molecule is CC(O)CC(C)NC(=O)Cn1cnc(N)n1. The molecule has 2 atom stereocenters. The Bertz CT molecular complexity index is 349. The number of amides is 1. The van der Waals surface area contributed by atoms with Crippen molar-refractivity contribution in [3.8, 4) is 0 Å². The van der Waals surface area contributed by atoms with Gasteiger partial charge in [-0.3, -0.25) is 4.79 Å². The molecule has 90 valence electrons. The lowest BCUT2D eigenvalue weighted by Crippen LogP contribution is -2.36. The second-order valence-electron chi connectivity index (χ2n) is 3.85. The molecular weight excluding hydrogens is 210 g/mol. The number of nitrogens with zero attached hydrogens (tertiary/aromatic N) is 3. The monoisotopic (exact) mass is 227 g/mol. The number of aliphatic hydroxyl groups excluding tert-OH is 1. The highest BCUT2D eigenvalue weighted by atomic mass is 16.3. The van der Waals surface area contributed by atoms with Crippen LogP contribution in [0.3, 0.4) is 0 Å². The van der Waals surface area contributed by atoms with Crippen molar-refractivity contribution in [2.45, 2.75) is 39.0 Å². The van der Waals surface area contributed by atoms with Crippen LogP contribution in [-0.4, -0.2) is 37.9 Å². The minimum Gasteiger partial charge on any atom is -0.393 e. The van der Waals surface area contributed by atoms with Gasteiger partial charge in [-0.05, 0) is 20.3 Å². The quantitative estimate of drug-likeness (QED) is 0.606. The Morgan fingerprint density at radius 2 is 2.38 bits per heavy atom. The lowest BCUT2D eigenvalue weighted by atomic mass is 10.1. The number of anilines is 1. The van der Waals surface area contributed by atoms with Crippen LogP contribution >= 0.6 is 0 Å². The molecule has 2 unspecified atom stereocenters. The fourth-order valence-corrected chi connectivity index (χ4v) is 1.42. The lowest BCUT2D eigenvalue weighted by Gasteiger charge is -2.15. The maximum absolute atomic E-state index is 11.5. The summed E-state index contributed by atoms with van der Waals surface area (Å²) in [4.78, 5) is 15.2. The highest BCUT2D eigenvalue weighted by Gasteiger charge is 2.10. The molecule has 1 rings (SSSR count). The van der Waals surface area contributed by atoms with E-state index < -0.39 is 6.10 Å². The predicted octanol–water partition coefficient (Wildman–Crippen LogP) is -0.864. The van der Waals surface area contributed by atoms with Gasteiger partial charge in [-0.2, -0.15) is 0 Å². The van der Waals surface area contributed by atoms with Gasteiger partial charge in [-0.25, -0.2) is 9.67 Å². The van der Waals surface area contributed by atoms with Crippen LogP contribution in [0.1, 0.15) is 20.3 Å². The Morgan fingerprint density at radius 1 is 1.69 bits per heavy atom. The number of rotatable bonds is 5. The van der Waals surface area contributed by atoms with Crippen molar-refractivity contribution in [2.24, 2.45) is 0 Å². The van der Waals surface area contributed by atoms with E-state index in [0.717, 1.165) is 0 Å². The third-order valence-electron chi connectivity index (χ3n) is 1.96. The summed E-state index contributed by atoms with van der Waals surface area (Å²) in [5, 5.41) is 15.7. The van der Waals surface area contributed by atoms with Gasteiger partial charge in [-0.1, -0.05) is 0 Å². The van der Waals surface area contributed by atoms with Crippen molar-refractivity contribution in [3.63, 3.8) is 0 Å². The Labute approximate surface area is 93.7 Å². The minimum atomic E-state index is -0.433. The first-order valence-corrected chi connectivity index (χ1v) is 5.09. The van der Waals surface area contributed by atoms with Crippen molar-refractivity contribution < 1.29 is 9.90 Å². The number of nitrogens with one attached hydrogen (secondary N) is 1. The van der Waals surface area contributed by atoms with Gasteiger partial charge in [0.25, 0.3) is 0 Å². The van der Waals surface area contributed by atoms with Gasteiger partial charge in [0.05, 0.1) is 6.10 Å². The molecule has 4 N–H and O–H groups in total. The molecule has 0 aromatic carbocycles. The smallest absolute Gasteiger partial charge is 0.242 e. The number of aliphatic hydroxyl groups is 1. The second kappa shape index (κ2) is 5.45. The number of aromatic nitrogens is 3. The number of nitrogens with two attached hydrogens (primary N) is 1. The summed E-state index contributed by atoms with van der Waals surface area (Å²) in [5.74, 6) is -0.0390. The van der Waals surface area contributed by atoms with Crippen molar-refractivity contribution >= 4 is 11.9 Å². The van der Waals surface area contributed by atoms with E-state index >= 15 is 0 Å². The first-order chi connectivity index (χ1) is 7.47. The van der Waals surface area contributed by atoms with Crippen molar-refractivity contribution in [3.05, 3.63) is 6.33 Å². The summed E-state index contributed by atoms with van der Waals surface area (Å²) in [6.45, 7) is 3.59. The Balaban J connectivity index is 2.36. The average molecular weight is 227 g/mol. The van der Waals surface area contributed by atoms with Crippen LogP contribution in [0.25, 0.3) is 0 Å². The van der Waals surface area contributed by atoms with Crippen molar-refractivity contribution in [1.29, 1.82) is 0 Å². The van der Waals surface area contributed by atoms with Gasteiger partial charge in [0.15, 0.2) is 0 Å². The van der Waals surface area contributed by atoms with Gasteiger partial charge in [0.2, 0.25) is 11.9 Å². The third-order valence-corrected chi connectivity index (χ3v) is 1.96. The first-order valence-electron chi connectivity index (χ1n) is 5.09. The molecule has 16 heavy (non-hydrogen) atoms. The van der Waals surface area contributed by atoms with E-state index in [1.165, 1.54) is 11.0 Å². The molecule has 0 spiro atoms. The van der Waals surface area contributed by atoms with E-state index in [4.69, 9.17) is 10.8 Å². The number of nitrogen functional groups attached to an aromatic ring is 1. The van der Waals surface area contributed by atoms with E-state index in [0.29, 0.717) is 6.42 Å². The number of carbonyl (C=O) groups excluding carboxylic acids is 1. The van der Waals surface area contributed by atoms with Gasteiger partial charge >= 0.3 is 0 Å². The molecule has 0 saturated heterocycles. The average Bonchev–Trinajstić information content (AvgIpc) is 2.48. The van der Waals surface area contributed by atoms with Gasteiger partial charge < -0.3 is 16.2 Å². The third kappa shape index (κ3) is 4.26. The largest absolute Gasteiger partial charge is 0.393 e. The maximum atomic E-state index is 11.5. The second-order valence-corrected chi connectivity index (χ2v) is 3.85. The number of hydrogen-bond acceptors (Lipinski definition) is 5. The molecule has 1 amide bonds. The van der Waals surface area contributed by atoms with Crippen LogP contribution in [0.2, 0.25) is 0 Å². The van der Waals surface area contributed by atoms with Crippen LogP contribution in [-0.2, 0) is 11.3 Å². The Kier molecular flexibility index (Phi) is 4.24. The van der Waals surface area contributed by atoms with Crippen molar-refractivity contribution in [2.75, 3.05) is 5.73 Å². The number of carbonyl (C=O) groups is 1. The van der Waals surface area contributed by atoms with Crippen LogP contribution in [0.5, 0.6) is 0 Å². The molecule has 7 nitrogen and oxygen atoms in total. The summed E-state index contributed by atoms with van der Waals surface area (Å²) >= 11 is 0. The van der Waals surface area contributed by atoms with Gasteiger partial charge in [0.1, 0.15) is 12.9 Å². The molecule has 0 saturated carbocycles. The summed E-state index contributed by atoms with van der Waals surface area (Å²) < 4.78 is 1.36. The Hall–Kier alpha value is -1.63. The molecule has 0 aliphatic heterocycles. The first kappa shape index (κ1) is 12.4. The summed E-state index contributed by atoms with van der Waals surface area (Å²) in [5.41, 5.74) is 5.31. The minimum absolute atomic E-state index is 0.0756. The molecule has 1 heterocycles. The highest BCUT2D eigenvalue weighted by Crippen LogP contribution is 1.97. The topological polar surface area (TPSA) is 106 Å². The van der Waals surface area contributed by atoms with E-state index in [1.807, 2.05) is 6.92 Å². The molecule has 0 aliphatic rings. The van der Waals surface area contributed by atoms with E-state index in [9.17, 15) is 4.79 Å². The molecule has 7 heteroatoms. The summed E-state index contributed by atoms with van der Waals surface area (Å²) in [6, 6.07) is -0.0756. The molecule has 1 aromatic rings. The van der Waals surface area contributed by atoms with E-state index in [2.05, 4.69) is 15.4 Å². The van der Waals surface area contributed by atoms with E-state index in [-0.39, 0.29) is 24.4 Å². The van der Waals surface area contributed by atoms with Gasteiger partial charge in [-0.15, -0.1) is 5.10 Å². The molecule has 1 aromatic heterocycles. The molecule has 0 bridgehead atoms. The fourth-order valence-electron chi connectivity index (χ4n) is 1.42. The predicted molar refractivity (Wildman–Crippen MR) is 58.3 cm³/mol. The molecule has 0 fully saturated rings. The van der Waals surface area contributed by atoms with Crippen LogP contribution in [0, 0.1) is 0 Å². The zero-order chi connectivity index (χ0) is 12.1. The zero-order valence-corrected chi connectivity index (χ0v) is 9.42. The van der Waals surface area contributed by atoms with Crippen LogP contribution < -0.4 is 11.1 Å². The molecule has 0 radical (unpaired) electrons. The highest BCUT2D eigenvalue weighted by molar-refractivity contribution is 5.75. The van der Waals surface area contributed by atoms with Crippen LogP contribution in [0.4, 0.5) is 5.95 Å². The van der Waals surface area contributed by atoms with E-state index in [1.54, 1.807) is 6.92 Å². The summed E-state index contributed by atoms with van der Waals surface area (Å²) in [7, 11) is 0.